The predicted molar refractivity (Wildman–Crippen MR) is 103 cm³/mol. The number of nitrogens with zero attached hydrogens (tertiary/aromatic N) is 2. The first kappa shape index (κ1) is 18.9. The minimum absolute atomic E-state index is 0.0528. The van der Waals surface area contributed by atoms with Crippen LogP contribution in [0.15, 0.2) is 24.3 Å². The number of hydrogen-bond donors (Lipinski definition) is 1. The molecule has 4 atom stereocenters. The van der Waals surface area contributed by atoms with Crippen LogP contribution in [0.2, 0.25) is 0 Å². The Labute approximate surface area is 165 Å². The number of hydrogen-bond acceptors (Lipinski definition) is 5. The highest BCUT2D eigenvalue weighted by molar-refractivity contribution is 6.01. The van der Waals surface area contributed by atoms with E-state index in [1.807, 2.05) is 18.9 Å². The van der Waals surface area contributed by atoms with Crippen LogP contribution < -0.4 is 5.43 Å². The molecule has 2 unspecified atom stereocenters. The van der Waals surface area contributed by atoms with Gasteiger partial charge in [0.15, 0.2) is 11.9 Å². The van der Waals surface area contributed by atoms with Crippen LogP contribution in [-0.2, 0) is 4.74 Å². The summed E-state index contributed by atoms with van der Waals surface area (Å²) in [5.41, 5.74) is 2.69. The second kappa shape index (κ2) is 6.58. The monoisotopic (exact) mass is 385 g/mol. The van der Waals surface area contributed by atoms with Crippen LogP contribution in [0.25, 0.3) is 0 Å². The first-order chi connectivity index (χ1) is 13.4. The van der Waals surface area contributed by atoms with Gasteiger partial charge >= 0.3 is 6.09 Å². The maximum absolute atomic E-state index is 12.8. The van der Waals surface area contributed by atoms with Crippen molar-refractivity contribution in [3.05, 3.63) is 35.4 Å². The van der Waals surface area contributed by atoms with Crippen LogP contribution in [0.5, 0.6) is 0 Å². The lowest BCUT2D eigenvalue weighted by molar-refractivity contribution is 0.000286. The molecule has 3 fully saturated rings. The third-order valence-corrected chi connectivity index (χ3v) is 6.12. The highest BCUT2D eigenvalue weighted by Crippen LogP contribution is 2.65. The van der Waals surface area contributed by atoms with E-state index < -0.39 is 11.3 Å². The van der Waals surface area contributed by atoms with Gasteiger partial charge in [0.1, 0.15) is 5.60 Å². The number of fused-ring (bicyclic) bond motifs is 3. The maximum atomic E-state index is 12.8. The lowest BCUT2D eigenvalue weighted by Gasteiger charge is -2.28. The average Bonchev–Trinajstić information content (AvgIpc) is 3.49. The van der Waals surface area contributed by atoms with Gasteiger partial charge in [-0.15, -0.1) is 0 Å². The van der Waals surface area contributed by atoms with Gasteiger partial charge in [-0.1, -0.05) is 44.4 Å². The summed E-state index contributed by atoms with van der Waals surface area (Å²) < 4.78 is 5.55. The van der Waals surface area contributed by atoms with Crippen LogP contribution in [0.4, 0.5) is 4.79 Å². The molecule has 0 bridgehead atoms. The van der Waals surface area contributed by atoms with Crippen molar-refractivity contribution >= 4 is 18.3 Å². The Morgan fingerprint density at radius 2 is 2.07 bits per heavy atom. The number of aldehydes is 1. The number of carbonyl (C=O) groups is 3. The van der Waals surface area contributed by atoms with E-state index in [1.165, 1.54) is 0 Å². The molecule has 0 aliphatic carbocycles. The number of ether oxygens (including phenoxy) is 1. The van der Waals surface area contributed by atoms with Crippen molar-refractivity contribution in [3.63, 3.8) is 0 Å². The largest absolute Gasteiger partial charge is 0.443 e. The number of carbonyl (C=O) groups excluding carboxylic acids is 3. The predicted octanol–water partition coefficient (Wildman–Crippen LogP) is 3.11. The molecule has 7 heteroatoms. The van der Waals surface area contributed by atoms with Crippen molar-refractivity contribution in [1.82, 2.24) is 15.3 Å². The number of amides is 2. The SMILES string of the molecule is CCCCC[C@@H]1N(NC(=O)c2ccccc2C=O)[C@]12C1CC(C)(C)OC(=O)N12. The van der Waals surface area contributed by atoms with Gasteiger partial charge in [-0.3, -0.25) is 19.9 Å². The van der Waals surface area contributed by atoms with E-state index in [2.05, 4.69) is 12.3 Å². The lowest BCUT2D eigenvalue weighted by atomic mass is 9.99. The van der Waals surface area contributed by atoms with E-state index in [0.29, 0.717) is 17.4 Å². The van der Waals surface area contributed by atoms with Crippen LogP contribution in [0.3, 0.4) is 0 Å². The van der Waals surface area contributed by atoms with Gasteiger partial charge in [-0.05, 0) is 26.3 Å². The summed E-state index contributed by atoms with van der Waals surface area (Å²) in [5, 5.41) is 1.90. The molecule has 1 aromatic carbocycles. The van der Waals surface area contributed by atoms with Crippen molar-refractivity contribution in [2.75, 3.05) is 0 Å². The molecule has 0 radical (unpaired) electrons. The van der Waals surface area contributed by atoms with Crippen LogP contribution in [-0.4, -0.2) is 51.5 Å². The summed E-state index contributed by atoms with van der Waals surface area (Å²) in [6.45, 7) is 6.00. The lowest BCUT2D eigenvalue weighted by Crippen LogP contribution is -2.37. The molecule has 4 rings (SSSR count). The Morgan fingerprint density at radius 1 is 1.32 bits per heavy atom. The summed E-state index contributed by atoms with van der Waals surface area (Å²) >= 11 is 0. The van der Waals surface area contributed by atoms with Gasteiger partial charge < -0.3 is 4.74 Å². The number of benzene rings is 1. The summed E-state index contributed by atoms with van der Waals surface area (Å²) in [7, 11) is 0. The first-order valence-corrected chi connectivity index (χ1v) is 10.0. The van der Waals surface area contributed by atoms with Crippen LogP contribution in [0, 0.1) is 0 Å². The van der Waals surface area contributed by atoms with Gasteiger partial charge in [0.2, 0.25) is 0 Å². The summed E-state index contributed by atoms with van der Waals surface area (Å²) in [6.07, 6.45) is 5.28. The fourth-order valence-corrected chi connectivity index (χ4v) is 4.75. The molecule has 1 N–H and O–H groups in total. The summed E-state index contributed by atoms with van der Waals surface area (Å²) in [5.74, 6) is -0.322. The Morgan fingerprint density at radius 3 is 2.79 bits per heavy atom. The zero-order valence-corrected chi connectivity index (χ0v) is 16.6. The second-order valence-electron chi connectivity index (χ2n) is 8.53. The van der Waals surface area contributed by atoms with E-state index in [9.17, 15) is 14.4 Å². The van der Waals surface area contributed by atoms with Gasteiger partial charge in [-0.25, -0.2) is 4.79 Å². The van der Waals surface area contributed by atoms with Gasteiger partial charge in [0, 0.05) is 12.0 Å². The van der Waals surface area contributed by atoms with Crippen LogP contribution in [0.1, 0.15) is 73.6 Å². The third-order valence-electron chi connectivity index (χ3n) is 6.12. The zero-order valence-electron chi connectivity index (χ0n) is 16.6. The Bertz CT molecular complexity index is 824. The van der Waals surface area contributed by atoms with E-state index in [-0.39, 0.29) is 24.1 Å². The van der Waals surface area contributed by atoms with Crippen molar-refractivity contribution in [3.8, 4) is 0 Å². The number of cyclic esters (lactones) is 1. The molecule has 3 saturated heterocycles. The molecule has 150 valence electrons. The molecule has 7 nitrogen and oxygen atoms in total. The standard InChI is InChI=1S/C21H27N3O4/c1-4-5-6-11-16-21(17-12-20(2,3)28-19(27)23(17)21)24(16)22-18(26)15-10-8-7-9-14(15)13-25/h7-10,13,16-17H,4-6,11-12H2,1-3H3,(H,22,26)/t16-,17?,21-,23?,24?/m0/s1. The summed E-state index contributed by atoms with van der Waals surface area (Å²) in [6, 6.07) is 6.86. The second-order valence-corrected chi connectivity index (χ2v) is 8.53. The smallest absolute Gasteiger partial charge is 0.412 e. The molecule has 0 saturated carbocycles. The molecule has 3 aliphatic heterocycles. The molecule has 1 aromatic rings. The number of hydrazine groups is 1. The molecule has 3 heterocycles. The number of nitrogens with one attached hydrogen (secondary N) is 1. The van der Waals surface area contributed by atoms with Gasteiger partial charge in [-0.2, -0.15) is 5.01 Å². The molecule has 3 aliphatic rings. The molecule has 2 amide bonds. The molecule has 1 spiro atoms. The molecule has 28 heavy (non-hydrogen) atoms. The number of unbranched alkanes of at least 4 members (excludes halogenated alkanes) is 2. The maximum Gasteiger partial charge on any atom is 0.412 e. The fourth-order valence-electron chi connectivity index (χ4n) is 4.75. The fraction of sp³-hybridized carbons (Fsp3) is 0.571. The molecule has 0 aromatic heterocycles. The van der Waals surface area contributed by atoms with Crippen molar-refractivity contribution in [2.45, 2.75) is 76.2 Å². The Hall–Kier alpha value is -2.41. The zero-order chi connectivity index (χ0) is 20.1. The van der Waals surface area contributed by atoms with E-state index in [0.717, 1.165) is 32.1 Å². The van der Waals surface area contributed by atoms with E-state index >= 15 is 0 Å². The number of rotatable bonds is 7. The Kier molecular flexibility index (Phi) is 4.45. The highest BCUT2D eigenvalue weighted by atomic mass is 16.6. The highest BCUT2D eigenvalue weighted by Gasteiger charge is 2.87. The average molecular weight is 385 g/mol. The minimum atomic E-state index is -0.502. The van der Waals surface area contributed by atoms with E-state index in [4.69, 9.17) is 4.74 Å². The molecular formula is C21H27N3O4. The normalized spacial score (nSPS) is 31.8. The molecular weight excluding hydrogens is 358 g/mol. The summed E-state index contributed by atoms with van der Waals surface area (Å²) in [4.78, 5) is 38.4. The van der Waals surface area contributed by atoms with Crippen molar-refractivity contribution in [2.24, 2.45) is 0 Å². The van der Waals surface area contributed by atoms with Gasteiger partial charge in [0.05, 0.1) is 17.6 Å². The van der Waals surface area contributed by atoms with Crippen molar-refractivity contribution in [1.29, 1.82) is 0 Å². The quantitative estimate of drug-likeness (QED) is 0.443. The Balaban J connectivity index is 1.54. The minimum Gasteiger partial charge on any atom is -0.443 e. The topological polar surface area (TPSA) is 78.5 Å². The van der Waals surface area contributed by atoms with Crippen molar-refractivity contribution < 1.29 is 19.1 Å². The first-order valence-electron chi connectivity index (χ1n) is 10.0. The van der Waals surface area contributed by atoms with E-state index in [1.54, 1.807) is 29.2 Å². The van der Waals surface area contributed by atoms with Gasteiger partial charge in [0.25, 0.3) is 5.91 Å². The third kappa shape index (κ3) is 2.80. The van der Waals surface area contributed by atoms with Crippen LogP contribution >= 0.6 is 0 Å².